The summed E-state index contributed by atoms with van der Waals surface area (Å²) >= 11 is 0. The highest BCUT2D eigenvalue weighted by atomic mass is 19.1. The predicted octanol–water partition coefficient (Wildman–Crippen LogP) is 9.22. The molecule has 0 radical (unpaired) electrons. The van der Waals surface area contributed by atoms with Gasteiger partial charge in [-0.15, -0.1) is 0 Å². The van der Waals surface area contributed by atoms with Crippen LogP contribution in [-0.4, -0.2) is 109 Å². The average molecular weight is 974 g/mol. The first-order chi connectivity index (χ1) is 34.2. The number of carbonyl (C=O) groups excluding carboxylic acids is 3. The molecule has 376 valence electrons. The normalized spacial score (nSPS) is 19.5. The Morgan fingerprint density at radius 1 is 0.845 bits per heavy atom. The van der Waals surface area contributed by atoms with E-state index in [0.717, 1.165) is 53.4 Å². The molecule has 3 amide bonds. The highest BCUT2D eigenvalue weighted by Gasteiger charge is 2.40. The lowest BCUT2D eigenvalue weighted by Crippen LogP contribution is -2.54. The van der Waals surface area contributed by atoms with Gasteiger partial charge in [-0.1, -0.05) is 52.8 Å². The molecule has 6 heterocycles. The number of rotatable bonds is 15. The van der Waals surface area contributed by atoms with Gasteiger partial charge in [-0.3, -0.25) is 9.69 Å². The van der Waals surface area contributed by atoms with Crippen molar-refractivity contribution in [3.63, 3.8) is 0 Å². The van der Waals surface area contributed by atoms with Crippen molar-refractivity contribution >= 4 is 29.0 Å². The number of aliphatic hydroxyl groups is 1. The Balaban J connectivity index is 1.05. The number of carbonyl (C=O) groups is 3. The van der Waals surface area contributed by atoms with E-state index in [1.165, 1.54) is 20.3 Å². The number of aromatic nitrogens is 5. The van der Waals surface area contributed by atoms with E-state index in [1.54, 1.807) is 17.3 Å². The van der Waals surface area contributed by atoms with Crippen molar-refractivity contribution in [1.29, 1.82) is 0 Å². The van der Waals surface area contributed by atoms with Gasteiger partial charge in [0.15, 0.2) is 0 Å². The molecular formula is C53H64FN9O8. The van der Waals surface area contributed by atoms with E-state index in [1.807, 2.05) is 92.6 Å². The molecule has 6 aromatic rings. The third-order valence-corrected chi connectivity index (χ3v) is 14.2. The fourth-order valence-corrected chi connectivity index (χ4v) is 10.3. The van der Waals surface area contributed by atoms with Crippen LogP contribution < -0.4 is 20.1 Å². The van der Waals surface area contributed by atoms with Crippen molar-refractivity contribution in [3.8, 4) is 45.3 Å². The minimum absolute atomic E-state index is 0.0106. The molecule has 7 unspecified atom stereocenters. The zero-order valence-electron chi connectivity index (χ0n) is 41.5. The molecule has 7 atom stereocenters. The molecule has 3 aromatic carbocycles. The van der Waals surface area contributed by atoms with Gasteiger partial charge in [0.25, 0.3) is 0 Å². The van der Waals surface area contributed by atoms with Crippen LogP contribution in [0.25, 0.3) is 44.7 Å². The number of nitrogens with zero attached hydrogens (tertiary/aromatic N) is 5. The van der Waals surface area contributed by atoms with Gasteiger partial charge in [0.1, 0.15) is 41.2 Å². The molecule has 0 saturated carbocycles. The lowest BCUT2D eigenvalue weighted by molar-refractivity contribution is -0.135. The number of aromatic amines is 2. The first kappa shape index (κ1) is 49.1. The van der Waals surface area contributed by atoms with Gasteiger partial charge in [-0.2, -0.15) is 0 Å². The molecule has 3 aliphatic heterocycles. The van der Waals surface area contributed by atoms with E-state index < -0.39 is 42.5 Å². The van der Waals surface area contributed by atoms with Crippen molar-refractivity contribution in [2.45, 2.75) is 116 Å². The largest absolute Gasteiger partial charge is 0.491 e. The summed E-state index contributed by atoms with van der Waals surface area (Å²) in [7, 11) is 2.57. The highest BCUT2D eigenvalue weighted by Crippen LogP contribution is 2.48. The number of hydrogen-bond donors (Lipinski definition) is 5. The van der Waals surface area contributed by atoms with Gasteiger partial charge in [-0.25, -0.2) is 23.9 Å². The van der Waals surface area contributed by atoms with E-state index in [0.29, 0.717) is 65.2 Å². The quantitative estimate of drug-likeness (QED) is 0.0657. The number of likely N-dealkylation sites (tertiary alicyclic amines) is 2. The Morgan fingerprint density at radius 3 is 2.24 bits per heavy atom. The SMILES string of the molecule is CCC(C)Oc1cccc(C2Oc3cc(-c4cnc(C5CCCN5C(=O)C(NC(=O)OC)C(C)C)[nH]4)cc(F)c3-c3cc4cc(-c5cnc(C6CCCN6C(O)C(NC(=O)OC)C(C)C)[nH]5)ccc4n32)c1. The van der Waals surface area contributed by atoms with Crippen LogP contribution in [0.2, 0.25) is 0 Å². The average Bonchev–Trinajstić information content (AvgIpc) is 4.23. The number of methoxy groups -OCH3 is 2. The van der Waals surface area contributed by atoms with Crippen molar-refractivity contribution in [3.05, 3.63) is 96.1 Å². The van der Waals surface area contributed by atoms with Gasteiger partial charge >= 0.3 is 12.2 Å². The maximum absolute atomic E-state index is 17.0. The molecule has 0 bridgehead atoms. The van der Waals surface area contributed by atoms with E-state index in [-0.39, 0.29) is 35.9 Å². The molecular weight excluding hydrogens is 910 g/mol. The molecule has 18 heteroatoms. The third kappa shape index (κ3) is 9.66. The number of nitrogens with one attached hydrogen (secondary N) is 4. The molecule has 0 aliphatic carbocycles. The minimum Gasteiger partial charge on any atom is -0.491 e. The summed E-state index contributed by atoms with van der Waals surface area (Å²) in [4.78, 5) is 58.4. The lowest BCUT2D eigenvalue weighted by Gasteiger charge is -2.35. The summed E-state index contributed by atoms with van der Waals surface area (Å²) in [6.45, 7) is 12.9. The van der Waals surface area contributed by atoms with Crippen LogP contribution in [0, 0.1) is 17.7 Å². The second-order valence-corrected chi connectivity index (χ2v) is 19.5. The second kappa shape index (κ2) is 20.4. The van der Waals surface area contributed by atoms with E-state index in [9.17, 15) is 19.5 Å². The number of H-pyrrole nitrogens is 2. The maximum Gasteiger partial charge on any atom is 0.407 e. The van der Waals surface area contributed by atoms with Crippen molar-refractivity contribution in [2.24, 2.45) is 11.8 Å². The third-order valence-electron chi connectivity index (χ3n) is 14.2. The Kier molecular flexibility index (Phi) is 14.1. The van der Waals surface area contributed by atoms with Crippen LogP contribution in [-0.2, 0) is 14.3 Å². The van der Waals surface area contributed by atoms with Crippen LogP contribution in [0.4, 0.5) is 14.0 Å². The zero-order chi connectivity index (χ0) is 50.2. The molecule has 2 fully saturated rings. The van der Waals surface area contributed by atoms with Gasteiger partial charge in [0.2, 0.25) is 12.1 Å². The summed E-state index contributed by atoms with van der Waals surface area (Å²) in [6, 6.07) is 17.2. The molecule has 71 heavy (non-hydrogen) atoms. The number of fused-ring (bicyclic) bond motifs is 5. The zero-order valence-corrected chi connectivity index (χ0v) is 41.5. The summed E-state index contributed by atoms with van der Waals surface area (Å²) in [5, 5.41) is 17.9. The van der Waals surface area contributed by atoms with Crippen LogP contribution in [0.15, 0.2) is 73.1 Å². The van der Waals surface area contributed by atoms with Crippen LogP contribution in [0.5, 0.6) is 11.5 Å². The number of imidazole rings is 2. The molecule has 3 aliphatic rings. The molecule has 0 spiro atoms. The Morgan fingerprint density at radius 2 is 1.54 bits per heavy atom. The number of amides is 3. The highest BCUT2D eigenvalue weighted by molar-refractivity contribution is 5.93. The number of halogens is 1. The fourth-order valence-electron chi connectivity index (χ4n) is 10.3. The van der Waals surface area contributed by atoms with E-state index in [4.69, 9.17) is 28.9 Å². The molecule has 5 N–H and O–H groups in total. The molecule has 3 aromatic heterocycles. The second-order valence-electron chi connectivity index (χ2n) is 19.5. The molecule has 2 saturated heterocycles. The standard InChI is InChI=1S/C53H64FN9O8/c1-9-30(6)70-35-14-10-13-32(22-35)51-63-39-18-17-31(37-26-55-47(57-37)40-15-11-19-61(40)49(64)45(28(2)3)59-52(66)68-7)21-34(39)24-42(63)44-36(54)23-33(25-43(44)71-51)38-27-56-48(58-38)41-16-12-20-62(41)50(65)46(29(4)5)60-53(67)69-8/h10,13-14,17-18,21-30,40-41,45-46,49,51,64H,9,11-12,15-16,19-20H2,1-8H3,(H,55,57)(H,56,58)(H,59,66)(H,60,67). The number of hydrogen-bond acceptors (Lipinski definition) is 11. The van der Waals surface area contributed by atoms with Gasteiger partial charge in [0, 0.05) is 35.2 Å². The summed E-state index contributed by atoms with van der Waals surface area (Å²) in [5.74, 6) is 1.36. The first-order valence-electron chi connectivity index (χ1n) is 24.6. The summed E-state index contributed by atoms with van der Waals surface area (Å²) in [6.07, 6.45) is 4.36. The fraction of sp³-hybridized carbons (Fsp3) is 0.453. The van der Waals surface area contributed by atoms with Crippen molar-refractivity contribution in [1.82, 2.24) is 44.9 Å². The first-order valence-corrected chi connectivity index (χ1v) is 24.6. The van der Waals surface area contributed by atoms with Crippen molar-refractivity contribution < 1.29 is 42.8 Å². The molecule has 17 nitrogen and oxygen atoms in total. The van der Waals surface area contributed by atoms with E-state index in [2.05, 4.69) is 33.6 Å². The molecule has 9 rings (SSSR count). The van der Waals surface area contributed by atoms with E-state index >= 15 is 4.39 Å². The summed E-state index contributed by atoms with van der Waals surface area (Å²) < 4.78 is 41.9. The Labute approximate surface area is 412 Å². The van der Waals surface area contributed by atoms with Gasteiger partial charge < -0.3 is 54.1 Å². The predicted molar refractivity (Wildman–Crippen MR) is 265 cm³/mol. The van der Waals surface area contributed by atoms with Crippen molar-refractivity contribution in [2.75, 3.05) is 27.3 Å². The maximum atomic E-state index is 17.0. The summed E-state index contributed by atoms with van der Waals surface area (Å²) in [5.41, 5.74) is 5.30. The minimum atomic E-state index is -0.963. The Bertz CT molecular complexity index is 2910. The van der Waals surface area contributed by atoms with Gasteiger partial charge in [0.05, 0.1) is 79.0 Å². The number of alkyl carbamates (subject to hydrolysis) is 2. The van der Waals surface area contributed by atoms with Crippen LogP contribution >= 0.6 is 0 Å². The number of benzene rings is 3. The topological polar surface area (TPSA) is 201 Å². The lowest BCUT2D eigenvalue weighted by atomic mass is 10.0. The number of ether oxygens (including phenoxy) is 4. The van der Waals surface area contributed by atoms with Gasteiger partial charge in [-0.05, 0) is 93.3 Å². The Hall–Kier alpha value is -6.92. The number of aliphatic hydroxyl groups excluding tert-OH is 1. The van der Waals surface area contributed by atoms with Crippen LogP contribution in [0.3, 0.4) is 0 Å². The monoisotopic (exact) mass is 973 g/mol. The smallest absolute Gasteiger partial charge is 0.407 e. The van der Waals surface area contributed by atoms with Crippen LogP contribution in [0.1, 0.15) is 109 Å².